The molecule has 0 spiro atoms. The molecular weight excluding hydrogens is 272 g/mol. The van der Waals surface area contributed by atoms with Gasteiger partial charge in [0.1, 0.15) is 5.75 Å². The summed E-state index contributed by atoms with van der Waals surface area (Å²) in [6, 6.07) is 0. The summed E-state index contributed by atoms with van der Waals surface area (Å²) < 4.78 is 25.1. The molecule has 0 bridgehead atoms. The molecule has 0 aromatic heterocycles. The average Bonchev–Trinajstić information content (AvgIpc) is 2.29. The highest BCUT2D eigenvalue weighted by Gasteiger charge is 2.25. The van der Waals surface area contributed by atoms with Crippen LogP contribution >= 0.6 is 0 Å². The van der Waals surface area contributed by atoms with Crippen LogP contribution in [0.25, 0.3) is 0 Å². The number of nitrogens with zero attached hydrogens (tertiary/aromatic N) is 2. The number of aliphatic carboxylic acids is 1. The summed E-state index contributed by atoms with van der Waals surface area (Å²) in [4.78, 5) is 23.6. The number of amides is 1. The van der Waals surface area contributed by atoms with Gasteiger partial charge in [-0.05, 0) is 6.92 Å². The van der Waals surface area contributed by atoms with Gasteiger partial charge in [-0.2, -0.15) is 0 Å². The van der Waals surface area contributed by atoms with Crippen molar-refractivity contribution in [1.29, 1.82) is 0 Å². The van der Waals surface area contributed by atoms with Crippen molar-refractivity contribution >= 4 is 21.9 Å². The second-order valence-corrected chi connectivity index (χ2v) is 5.93. The molecule has 0 fully saturated rings. The highest BCUT2D eigenvalue weighted by atomic mass is 32.2. The first kappa shape index (κ1) is 17.8. The molecule has 0 saturated carbocycles. The van der Waals surface area contributed by atoms with Crippen LogP contribution in [0.5, 0.6) is 0 Å². The molecule has 1 amide bonds. The average molecular weight is 294 g/mol. The zero-order chi connectivity index (χ0) is 15.1. The topological polar surface area (TPSA) is 95.0 Å². The van der Waals surface area contributed by atoms with E-state index in [0.29, 0.717) is 19.6 Å². The molecule has 7 nitrogen and oxygen atoms in total. The van der Waals surface area contributed by atoms with Gasteiger partial charge in [-0.15, -0.1) is 0 Å². The summed E-state index contributed by atoms with van der Waals surface area (Å²) in [5.74, 6) is -2.18. The van der Waals surface area contributed by atoms with E-state index in [1.54, 1.807) is 20.8 Å². The van der Waals surface area contributed by atoms with Gasteiger partial charge in [0.25, 0.3) is 0 Å². The van der Waals surface area contributed by atoms with Crippen molar-refractivity contribution in [2.75, 3.05) is 31.9 Å². The summed E-state index contributed by atoms with van der Waals surface area (Å²) in [7, 11) is -3.62. The minimum atomic E-state index is -3.62. The van der Waals surface area contributed by atoms with Gasteiger partial charge in [0, 0.05) is 26.2 Å². The lowest BCUT2D eigenvalue weighted by Crippen LogP contribution is -2.42. The zero-order valence-electron chi connectivity index (χ0n) is 11.6. The molecule has 19 heavy (non-hydrogen) atoms. The monoisotopic (exact) mass is 294 g/mol. The maximum Gasteiger partial charge on any atom is 0.305 e. The van der Waals surface area contributed by atoms with Gasteiger partial charge in [0.05, 0.1) is 6.42 Å². The van der Waals surface area contributed by atoms with E-state index in [0.717, 1.165) is 0 Å². The second-order valence-electron chi connectivity index (χ2n) is 3.96. The van der Waals surface area contributed by atoms with Crippen molar-refractivity contribution in [3.8, 4) is 0 Å². The molecule has 0 aromatic rings. The molecule has 0 saturated heterocycles. The number of carbonyl (C=O) groups is 2. The van der Waals surface area contributed by atoms with Crippen molar-refractivity contribution in [3.63, 3.8) is 0 Å². The summed E-state index contributed by atoms with van der Waals surface area (Å²) in [6.07, 6.45) is -0.190. The van der Waals surface area contributed by atoms with Crippen molar-refractivity contribution in [2.24, 2.45) is 0 Å². The van der Waals surface area contributed by atoms with Crippen molar-refractivity contribution in [2.45, 2.75) is 27.2 Å². The molecular formula is C11H22N2O5S. The van der Waals surface area contributed by atoms with Gasteiger partial charge in [-0.1, -0.05) is 13.8 Å². The Hall–Kier alpha value is -1.15. The third kappa shape index (κ3) is 6.02. The quantitative estimate of drug-likeness (QED) is 0.645. The van der Waals surface area contributed by atoms with E-state index in [2.05, 4.69) is 0 Å². The number of carbonyl (C=O) groups excluding carboxylic acids is 1. The third-order valence-electron chi connectivity index (χ3n) is 2.73. The molecule has 0 unspecified atom stereocenters. The fourth-order valence-corrected chi connectivity index (χ4v) is 3.11. The largest absolute Gasteiger partial charge is 0.481 e. The number of carboxylic acid groups (broad SMARTS) is 1. The Morgan fingerprint density at radius 1 is 1.05 bits per heavy atom. The molecule has 0 aromatic carbocycles. The molecule has 8 heteroatoms. The lowest BCUT2D eigenvalue weighted by atomic mass is 10.4. The fourth-order valence-electron chi connectivity index (χ4n) is 1.65. The fraction of sp³-hybridized carbons (Fsp3) is 0.818. The highest BCUT2D eigenvalue weighted by molar-refractivity contribution is 7.89. The summed E-state index contributed by atoms with van der Waals surface area (Å²) in [5.41, 5.74) is 0. The van der Waals surface area contributed by atoms with Gasteiger partial charge < -0.3 is 10.0 Å². The molecule has 0 aliphatic carbocycles. The van der Waals surface area contributed by atoms with Crippen LogP contribution in [0, 0.1) is 0 Å². The molecule has 0 aliphatic heterocycles. The standard InChI is InChI=1S/C11H22N2O5S/c1-4-12(8-7-11(15)16)10(14)9-19(17,18)13(5-2)6-3/h4-9H2,1-3H3,(H,15,16). The SMILES string of the molecule is CCN(CCC(=O)O)C(=O)CS(=O)(=O)N(CC)CC. The van der Waals surface area contributed by atoms with Crippen LogP contribution in [0.4, 0.5) is 0 Å². The molecule has 0 atom stereocenters. The molecule has 0 radical (unpaired) electrons. The Balaban J connectivity index is 4.68. The minimum Gasteiger partial charge on any atom is -0.481 e. The number of sulfonamides is 1. The van der Waals surface area contributed by atoms with E-state index in [-0.39, 0.29) is 13.0 Å². The third-order valence-corrected chi connectivity index (χ3v) is 4.65. The molecule has 112 valence electrons. The van der Waals surface area contributed by atoms with Gasteiger partial charge in [0.2, 0.25) is 15.9 Å². The Kier molecular flexibility index (Phi) is 7.62. The van der Waals surface area contributed by atoms with Crippen LogP contribution in [-0.4, -0.2) is 66.5 Å². The Morgan fingerprint density at radius 3 is 1.95 bits per heavy atom. The van der Waals surface area contributed by atoms with E-state index in [1.807, 2.05) is 0 Å². The van der Waals surface area contributed by atoms with Crippen molar-refractivity contribution < 1.29 is 23.1 Å². The Morgan fingerprint density at radius 2 is 1.58 bits per heavy atom. The van der Waals surface area contributed by atoms with Gasteiger partial charge in [-0.25, -0.2) is 12.7 Å². The molecule has 0 rings (SSSR count). The van der Waals surface area contributed by atoms with Crippen LogP contribution in [0.2, 0.25) is 0 Å². The smallest absolute Gasteiger partial charge is 0.305 e. The van der Waals surface area contributed by atoms with Crippen LogP contribution in [0.3, 0.4) is 0 Å². The van der Waals surface area contributed by atoms with Crippen LogP contribution < -0.4 is 0 Å². The van der Waals surface area contributed by atoms with Crippen molar-refractivity contribution in [1.82, 2.24) is 9.21 Å². The van der Waals surface area contributed by atoms with Gasteiger partial charge in [-0.3, -0.25) is 9.59 Å². The first-order valence-electron chi connectivity index (χ1n) is 6.25. The summed E-state index contributed by atoms with van der Waals surface area (Å²) in [5, 5.41) is 8.57. The number of rotatable bonds is 9. The lowest BCUT2D eigenvalue weighted by molar-refractivity contribution is -0.138. The highest BCUT2D eigenvalue weighted by Crippen LogP contribution is 2.04. The number of carboxylic acids is 1. The number of hydrogen-bond donors (Lipinski definition) is 1. The summed E-state index contributed by atoms with van der Waals surface area (Å²) in [6.45, 7) is 6.03. The first-order valence-corrected chi connectivity index (χ1v) is 7.86. The second kappa shape index (κ2) is 8.11. The molecule has 1 N–H and O–H groups in total. The first-order chi connectivity index (χ1) is 8.78. The van der Waals surface area contributed by atoms with Crippen LogP contribution in [0.1, 0.15) is 27.2 Å². The molecule has 0 aliphatic rings. The Bertz CT molecular complexity index is 403. The van der Waals surface area contributed by atoms with E-state index in [4.69, 9.17) is 5.11 Å². The van der Waals surface area contributed by atoms with Gasteiger partial charge in [0.15, 0.2) is 0 Å². The van der Waals surface area contributed by atoms with E-state index < -0.39 is 27.7 Å². The maximum absolute atomic E-state index is 11.9. The Labute approximate surface area is 114 Å². The maximum atomic E-state index is 11.9. The van der Waals surface area contributed by atoms with Gasteiger partial charge >= 0.3 is 5.97 Å². The normalized spacial score (nSPS) is 11.6. The lowest BCUT2D eigenvalue weighted by Gasteiger charge is -2.23. The zero-order valence-corrected chi connectivity index (χ0v) is 12.4. The molecule has 0 heterocycles. The van der Waals surface area contributed by atoms with E-state index in [9.17, 15) is 18.0 Å². The van der Waals surface area contributed by atoms with Crippen LogP contribution in [0.15, 0.2) is 0 Å². The predicted molar refractivity (Wildman–Crippen MR) is 71.2 cm³/mol. The minimum absolute atomic E-state index is 0.0262. The number of hydrogen-bond acceptors (Lipinski definition) is 4. The summed E-state index contributed by atoms with van der Waals surface area (Å²) >= 11 is 0. The predicted octanol–water partition coefficient (Wildman–Crippen LogP) is -0.0188. The van der Waals surface area contributed by atoms with E-state index in [1.165, 1.54) is 9.21 Å². The van der Waals surface area contributed by atoms with Crippen molar-refractivity contribution in [3.05, 3.63) is 0 Å². The van der Waals surface area contributed by atoms with Crippen LogP contribution in [-0.2, 0) is 19.6 Å². The van der Waals surface area contributed by atoms with E-state index >= 15 is 0 Å².